The predicted molar refractivity (Wildman–Crippen MR) is 83.3 cm³/mol. The average Bonchev–Trinajstić information content (AvgIpc) is 2.90. The van der Waals surface area contributed by atoms with Crippen LogP contribution in [0.4, 0.5) is 0 Å². The lowest BCUT2D eigenvalue weighted by molar-refractivity contribution is 0.411. The van der Waals surface area contributed by atoms with Gasteiger partial charge < -0.3 is 4.74 Å². The van der Waals surface area contributed by atoms with E-state index in [1.807, 2.05) is 41.8 Å². The van der Waals surface area contributed by atoms with Crippen LogP contribution in [0.15, 0.2) is 42.7 Å². The first kappa shape index (κ1) is 13.5. The van der Waals surface area contributed by atoms with Gasteiger partial charge in [-0.15, -0.1) is 0 Å². The van der Waals surface area contributed by atoms with Crippen LogP contribution in [0.2, 0.25) is 0 Å². The molecule has 106 valence electrons. The molecule has 5 nitrogen and oxygen atoms in total. The summed E-state index contributed by atoms with van der Waals surface area (Å²) in [6.07, 6.45) is 3.47. The standard InChI is InChI=1S/C15H14N4OS/c1-10-9-12(3-4-13(10)20-2)19-14(17-18-15(19)21)11-5-7-16-8-6-11/h3-9H,1-2H3,(H,18,21). The van der Waals surface area contributed by atoms with Gasteiger partial charge in [-0.25, -0.2) is 0 Å². The number of nitrogens with one attached hydrogen (secondary N) is 1. The van der Waals surface area contributed by atoms with E-state index in [4.69, 9.17) is 17.0 Å². The first-order valence-electron chi connectivity index (χ1n) is 6.43. The van der Waals surface area contributed by atoms with Crippen LogP contribution >= 0.6 is 12.2 Å². The molecule has 1 aromatic carbocycles. The summed E-state index contributed by atoms with van der Waals surface area (Å²) < 4.78 is 7.74. The van der Waals surface area contributed by atoms with E-state index in [1.54, 1.807) is 19.5 Å². The number of aromatic nitrogens is 4. The summed E-state index contributed by atoms with van der Waals surface area (Å²) in [7, 11) is 1.66. The molecule has 6 heteroatoms. The van der Waals surface area contributed by atoms with E-state index >= 15 is 0 Å². The molecule has 21 heavy (non-hydrogen) atoms. The molecule has 2 aromatic heterocycles. The van der Waals surface area contributed by atoms with Gasteiger partial charge in [-0.1, -0.05) is 0 Å². The van der Waals surface area contributed by atoms with Gasteiger partial charge in [0.05, 0.1) is 12.8 Å². The highest BCUT2D eigenvalue weighted by molar-refractivity contribution is 7.71. The smallest absolute Gasteiger partial charge is 0.200 e. The second-order valence-corrected chi connectivity index (χ2v) is 4.96. The Bertz CT molecular complexity index is 823. The van der Waals surface area contributed by atoms with E-state index in [1.165, 1.54) is 0 Å². The second-order valence-electron chi connectivity index (χ2n) is 4.58. The van der Waals surface area contributed by atoms with E-state index in [0.29, 0.717) is 4.77 Å². The lowest BCUT2D eigenvalue weighted by Crippen LogP contribution is -1.99. The molecule has 0 aliphatic carbocycles. The Morgan fingerprint density at radius 2 is 1.95 bits per heavy atom. The Morgan fingerprint density at radius 3 is 2.62 bits per heavy atom. The largest absolute Gasteiger partial charge is 0.496 e. The summed E-state index contributed by atoms with van der Waals surface area (Å²) in [5, 5.41) is 7.17. The average molecular weight is 298 g/mol. The molecule has 3 rings (SSSR count). The van der Waals surface area contributed by atoms with Gasteiger partial charge in [0.15, 0.2) is 10.6 Å². The Kier molecular flexibility index (Phi) is 3.53. The summed E-state index contributed by atoms with van der Waals surface area (Å²) in [5.41, 5.74) is 2.93. The zero-order valence-electron chi connectivity index (χ0n) is 11.7. The van der Waals surface area contributed by atoms with Crippen molar-refractivity contribution in [3.63, 3.8) is 0 Å². The molecule has 3 aromatic rings. The molecule has 1 N–H and O–H groups in total. The van der Waals surface area contributed by atoms with Crippen LogP contribution in [0.5, 0.6) is 5.75 Å². The van der Waals surface area contributed by atoms with Gasteiger partial charge in [0.25, 0.3) is 0 Å². The highest BCUT2D eigenvalue weighted by Gasteiger charge is 2.11. The van der Waals surface area contributed by atoms with Crippen molar-refractivity contribution in [1.82, 2.24) is 19.7 Å². The fourth-order valence-electron chi connectivity index (χ4n) is 2.23. The normalized spacial score (nSPS) is 10.6. The van der Waals surface area contributed by atoms with E-state index in [-0.39, 0.29) is 0 Å². The zero-order chi connectivity index (χ0) is 14.8. The maximum Gasteiger partial charge on any atom is 0.200 e. The maximum atomic E-state index is 5.36. The van der Waals surface area contributed by atoms with Gasteiger partial charge in [0.2, 0.25) is 0 Å². The van der Waals surface area contributed by atoms with Crippen molar-refractivity contribution in [1.29, 1.82) is 0 Å². The van der Waals surface area contributed by atoms with Crippen LogP contribution in [0.1, 0.15) is 5.56 Å². The van der Waals surface area contributed by atoms with Crippen LogP contribution in [-0.4, -0.2) is 26.9 Å². The Morgan fingerprint density at radius 1 is 1.19 bits per heavy atom. The molecule has 0 spiro atoms. The fourth-order valence-corrected chi connectivity index (χ4v) is 2.47. The van der Waals surface area contributed by atoms with Crippen molar-refractivity contribution in [2.75, 3.05) is 7.11 Å². The van der Waals surface area contributed by atoms with Crippen molar-refractivity contribution < 1.29 is 4.74 Å². The summed E-state index contributed by atoms with van der Waals surface area (Å²) in [6.45, 7) is 2.00. The van der Waals surface area contributed by atoms with Crippen molar-refractivity contribution >= 4 is 12.2 Å². The number of rotatable bonds is 3. The number of benzene rings is 1. The van der Waals surface area contributed by atoms with Gasteiger partial charge >= 0.3 is 0 Å². The number of ether oxygens (including phenoxy) is 1. The first-order valence-corrected chi connectivity index (χ1v) is 6.84. The predicted octanol–water partition coefficient (Wildman–Crippen LogP) is 3.31. The Labute approximate surface area is 127 Å². The molecular weight excluding hydrogens is 284 g/mol. The zero-order valence-corrected chi connectivity index (χ0v) is 12.5. The number of pyridine rings is 1. The highest BCUT2D eigenvalue weighted by atomic mass is 32.1. The monoisotopic (exact) mass is 298 g/mol. The number of H-pyrrole nitrogens is 1. The summed E-state index contributed by atoms with van der Waals surface area (Å²) in [4.78, 5) is 4.03. The molecule has 2 heterocycles. The van der Waals surface area contributed by atoms with Gasteiger partial charge in [0.1, 0.15) is 5.75 Å². The van der Waals surface area contributed by atoms with Crippen molar-refractivity contribution in [2.45, 2.75) is 6.92 Å². The molecule has 0 unspecified atom stereocenters. The highest BCUT2D eigenvalue weighted by Crippen LogP contribution is 2.25. The summed E-state index contributed by atoms with van der Waals surface area (Å²) >= 11 is 5.36. The van der Waals surface area contributed by atoms with Crippen LogP contribution in [0, 0.1) is 11.7 Å². The number of nitrogens with zero attached hydrogens (tertiary/aromatic N) is 3. The summed E-state index contributed by atoms with van der Waals surface area (Å²) in [6, 6.07) is 9.71. The van der Waals surface area contributed by atoms with E-state index in [2.05, 4.69) is 15.2 Å². The SMILES string of the molecule is COc1ccc(-n2c(-c3ccncc3)n[nH]c2=S)cc1C. The minimum Gasteiger partial charge on any atom is -0.496 e. The van der Waals surface area contributed by atoms with Crippen LogP contribution < -0.4 is 4.74 Å². The lowest BCUT2D eigenvalue weighted by Gasteiger charge is -2.10. The van der Waals surface area contributed by atoms with Gasteiger partial charge in [0, 0.05) is 18.0 Å². The Balaban J connectivity index is 2.17. The molecule has 0 atom stereocenters. The van der Waals surface area contributed by atoms with Crippen molar-refractivity contribution in [2.24, 2.45) is 0 Å². The third-order valence-electron chi connectivity index (χ3n) is 3.25. The molecular formula is C15H14N4OS. The van der Waals surface area contributed by atoms with Crippen LogP contribution in [0.25, 0.3) is 17.1 Å². The molecule has 0 radical (unpaired) electrons. The number of hydrogen-bond donors (Lipinski definition) is 1. The summed E-state index contributed by atoms with van der Waals surface area (Å²) in [5.74, 6) is 1.60. The number of aromatic amines is 1. The molecule has 0 aliphatic rings. The van der Waals surface area contributed by atoms with Crippen molar-refractivity contribution in [3.05, 3.63) is 53.1 Å². The number of methoxy groups -OCH3 is 1. The quantitative estimate of drug-likeness (QED) is 0.754. The fraction of sp³-hybridized carbons (Fsp3) is 0.133. The van der Waals surface area contributed by atoms with Gasteiger partial charge in [-0.2, -0.15) is 5.10 Å². The van der Waals surface area contributed by atoms with Gasteiger partial charge in [-0.3, -0.25) is 14.6 Å². The van der Waals surface area contributed by atoms with Crippen LogP contribution in [0.3, 0.4) is 0 Å². The van der Waals surface area contributed by atoms with Crippen molar-refractivity contribution in [3.8, 4) is 22.8 Å². The molecule has 0 amide bonds. The number of aryl methyl sites for hydroxylation is 1. The minimum atomic E-state index is 0.548. The third-order valence-corrected chi connectivity index (χ3v) is 3.52. The molecule has 0 saturated carbocycles. The van der Waals surface area contributed by atoms with E-state index in [9.17, 15) is 0 Å². The first-order chi connectivity index (χ1) is 10.2. The second kappa shape index (κ2) is 5.49. The molecule has 0 bridgehead atoms. The molecule has 0 aliphatic heterocycles. The lowest BCUT2D eigenvalue weighted by atomic mass is 10.2. The minimum absolute atomic E-state index is 0.548. The maximum absolute atomic E-state index is 5.36. The number of hydrogen-bond acceptors (Lipinski definition) is 4. The molecule has 0 saturated heterocycles. The van der Waals surface area contributed by atoms with E-state index < -0.39 is 0 Å². The van der Waals surface area contributed by atoms with Gasteiger partial charge in [-0.05, 0) is 55.0 Å². The molecule has 0 fully saturated rings. The third kappa shape index (κ3) is 2.45. The van der Waals surface area contributed by atoms with E-state index in [0.717, 1.165) is 28.4 Å². The Hall–Kier alpha value is -2.47. The topological polar surface area (TPSA) is 55.7 Å². The van der Waals surface area contributed by atoms with Crippen LogP contribution in [-0.2, 0) is 0 Å².